The molecule has 0 saturated heterocycles. The molecule has 0 radical (unpaired) electrons. The summed E-state index contributed by atoms with van der Waals surface area (Å²) in [6.45, 7) is 4.70. The molecule has 0 amide bonds. The normalized spacial score (nSPS) is 13.0. The summed E-state index contributed by atoms with van der Waals surface area (Å²) in [6.07, 6.45) is 0. The molecule has 0 bridgehead atoms. The van der Waals surface area contributed by atoms with Crippen LogP contribution in [-0.4, -0.2) is 0 Å². The minimum atomic E-state index is -0.166. The van der Waals surface area contributed by atoms with Crippen LogP contribution in [0.3, 0.4) is 0 Å². The van der Waals surface area contributed by atoms with Crippen LogP contribution in [0.1, 0.15) is 25.0 Å². The van der Waals surface area contributed by atoms with Gasteiger partial charge >= 0.3 is 0 Å². The van der Waals surface area contributed by atoms with Gasteiger partial charge in [-0.2, -0.15) is 0 Å². The highest BCUT2D eigenvalue weighted by molar-refractivity contribution is 6.22. The molecule has 0 unspecified atom stereocenters. The Kier molecular flexibility index (Phi) is 7.95. The second-order valence-corrected chi connectivity index (χ2v) is 17.6. The third-order valence-electron chi connectivity index (χ3n) is 13.7. The molecule has 64 heavy (non-hydrogen) atoms. The van der Waals surface area contributed by atoms with Crippen molar-refractivity contribution in [2.24, 2.45) is 0 Å². The van der Waals surface area contributed by atoms with Crippen LogP contribution in [0.5, 0.6) is 0 Å². The maximum absolute atomic E-state index is 7.08. The van der Waals surface area contributed by atoms with Crippen molar-refractivity contribution in [2.45, 2.75) is 19.3 Å². The summed E-state index contributed by atoms with van der Waals surface area (Å²) in [7, 11) is 0. The summed E-state index contributed by atoms with van der Waals surface area (Å²) < 4.78 is 13.6. The number of furan rings is 2. The van der Waals surface area contributed by atoms with Crippen molar-refractivity contribution >= 4 is 71.7 Å². The summed E-state index contributed by atoms with van der Waals surface area (Å²) in [6, 6.07) is 76.5. The number of fused-ring (bicyclic) bond motifs is 10. The molecule has 12 aromatic rings. The van der Waals surface area contributed by atoms with E-state index in [0.29, 0.717) is 0 Å². The Labute approximate surface area is 371 Å². The van der Waals surface area contributed by atoms with Crippen molar-refractivity contribution in [3.8, 4) is 44.5 Å². The molecule has 0 atom stereocenters. The molecule has 2 heterocycles. The van der Waals surface area contributed by atoms with Crippen molar-refractivity contribution in [3.63, 3.8) is 0 Å². The van der Waals surface area contributed by atoms with Gasteiger partial charge in [-0.3, -0.25) is 0 Å². The lowest BCUT2D eigenvalue weighted by molar-refractivity contribution is 0.660. The number of hydrogen-bond donors (Lipinski definition) is 0. The molecule has 302 valence electrons. The first kappa shape index (κ1) is 36.5. The Bertz CT molecular complexity index is 3800. The minimum Gasteiger partial charge on any atom is -0.455 e. The first-order chi connectivity index (χ1) is 31.5. The lowest BCUT2D eigenvalue weighted by Gasteiger charge is -2.29. The molecule has 2 aromatic heterocycles. The molecule has 0 fully saturated rings. The summed E-state index contributed by atoms with van der Waals surface area (Å²) in [5, 5.41) is 6.74. The van der Waals surface area contributed by atoms with Crippen molar-refractivity contribution < 1.29 is 8.83 Å². The Morgan fingerprint density at radius 3 is 1.84 bits per heavy atom. The monoisotopic (exact) mass is 819 g/mol. The zero-order valence-electron chi connectivity index (χ0n) is 35.5. The molecule has 1 aliphatic rings. The van der Waals surface area contributed by atoms with E-state index >= 15 is 0 Å². The highest BCUT2D eigenvalue weighted by Gasteiger charge is 2.36. The van der Waals surface area contributed by atoms with Gasteiger partial charge in [0.05, 0.1) is 11.1 Å². The maximum Gasteiger partial charge on any atom is 0.143 e. The van der Waals surface area contributed by atoms with E-state index in [2.05, 4.69) is 219 Å². The molecule has 0 aliphatic heterocycles. The summed E-state index contributed by atoms with van der Waals surface area (Å²) in [4.78, 5) is 2.42. The molecule has 0 saturated carbocycles. The van der Waals surface area contributed by atoms with Gasteiger partial charge < -0.3 is 13.7 Å². The zero-order chi connectivity index (χ0) is 42.5. The molecule has 3 nitrogen and oxygen atoms in total. The van der Waals surface area contributed by atoms with Gasteiger partial charge in [0.15, 0.2) is 0 Å². The lowest BCUT2D eigenvalue weighted by atomic mass is 9.82. The largest absolute Gasteiger partial charge is 0.455 e. The van der Waals surface area contributed by atoms with Gasteiger partial charge in [0.2, 0.25) is 0 Å². The SMILES string of the molecule is CC1(C)c2ccccc2-c2ccc(N(c3ccc(-c4cccc5c4oc4ccccc45)cc3)c3cccc4oc5c(-c6ccc(-c7ccccc7)cc6)c6ccccc6cc5c34)cc21. The van der Waals surface area contributed by atoms with E-state index in [1.807, 2.05) is 12.1 Å². The first-order valence-electron chi connectivity index (χ1n) is 22.1. The van der Waals surface area contributed by atoms with Crippen LogP contribution in [0.15, 0.2) is 221 Å². The van der Waals surface area contributed by atoms with Gasteiger partial charge in [0.1, 0.15) is 22.3 Å². The summed E-state index contributed by atoms with van der Waals surface area (Å²) in [5.74, 6) is 0. The van der Waals surface area contributed by atoms with Gasteiger partial charge in [-0.25, -0.2) is 0 Å². The van der Waals surface area contributed by atoms with E-state index in [-0.39, 0.29) is 5.41 Å². The van der Waals surface area contributed by atoms with E-state index in [9.17, 15) is 0 Å². The van der Waals surface area contributed by atoms with Crippen molar-refractivity contribution in [1.82, 2.24) is 0 Å². The van der Waals surface area contributed by atoms with Crippen LogP contribution in [0.4, 0.5) is 17.1 Å². The average Bonchev–Trinajstić information content (AvgIpc) is 3.99. The number of nitrogens with zero attached hydrogens (tertiary/aromatic N) is 1. The minimum absolute atomic E-state index is 0.166. The third-order valence-corrected chi connectivity index (χ3v) is 13.7. The fourth-order valence-electron chi connectivity index (χ4n) is 10.6. The molecule has 3 heteroatoms. The number of para-hydroxylation sites is 2. The van der Waals surface area contributed by atoms with Crippen LogP contribution in [-0.2, 0) is 5.41 Å². The number of benzene rings is 10. The molecule has 0 N–H and O–H groups in total. The van der Waals surface area contributed by atoms with E-state index in [1.165, 1.54) is 38.8 Å². The van der Waals surface area contributed by atoms with Gasteiger partial charge in [0, 0.05) is 44.1 Å². The van der Waals surface area contributed by atoms with Crippen molar-refractivity contribution in [3.05, 3.63) is 223 Å². The molecule has 10 aromatic carbocycles. The molecule has 1 aliphatic carbocycles. The quantitative estimate of drug-likeness (QED) is 0.167. The summed E-state index contributed by atoms with van der Waals surface area (Å²) in [5.41, 5.74) is 18.6. The standard InChI is InChI=1S/C61H41NO2/c1-61(2)52-22-10-8-18-47(52)48-35-34-44(37-53(48)61)62(43-32-30-40(31-33-43)46-20-12-21-50-49-19-9-11-24-55(49)63-59(46)50)54-23-13-25-56-58(54)51-36-42-16-6-7-17-45(42)57(60(51)64-56)41-28-26-39(27-29-41)38-14-4-3-5-15-38/h3-37H,1-2H3. The van der Waals surface area contributed by atoms with Crippen molar-refractivity contribution in [1.29, 1.82) is 0 Å². The predicted octanol–water partition coefficient (Wildman–Crippen LogP) is 17.4. The molecular weight excluding hydrogens is 779 g/mol. The number of rotatable bonds is 6. The Morgan fingerprint density at radius 1 is 0.375 bits per heavy atom. The zero-order valence-corrected chi connectivity index (χ0v) is 35.5. The van der Waals surface area contributed by atoms with E-state index in [1.54, 1.807) is 0 Å². The predicted molar refractivity (Wildman–Crippen MR) is 267 cm³/mol. The fourth-order valence-corrected chi connectivity index (χ4v) is 10.6. The Morgan fingerprint density at radius 2 is 0.984 bits per heavy atom. The smallest absolute Gasteiger partial charge is 0.143 e. The van der Waals surface area contributed by atoms with E-state index < -0.39 is 0 Å². The number of anilines is 3. The van der Waals surface area contributed by atoms with Crippen LogP contribution in [0, 0.1) is 0 Å². The van der Waals surface area contributed by atoms with Crippen LogP contribution >= 0.6 is 0 Å². The van der Waals surface area contributed by atoms with Gasteiger partial charge in [0.25, 0.3) is 0 Å². The second kappa shape index (κ2) is 13.9. The van der Waals surface area contributed by atoms with Crippen LogP contribution in [0.2, 0.25) is 0 Å². The lowest BCUT2D eigenvalue weighted by Crippen LogP contribution is -2.16. The highest BCUT2D eigenvalue weighted by atomic mass is 16.3. The van der Waals surface area contributed by atoms with Gasteiger partial charge in [-0.15, -0.1) is 0 Å². The van der Waals surface area contributed by atoms with Crippen LogP contribution in [0.25, 0.3) is 99.2 Å². The first-order valence-corrected chi connectivity index (χ1v) is 22.1. The van der Waals surface area contributed by atoms with Crippen molar-refractivity contribution in [2.75, 3.05) is 4.90 Å². The van der Waals surface area contributed by atoms with Gasteiger partial charge in [-0.05, 0) is 104 Å². The van der Waals surface area contributed by atoms with Crippen LogP contribution < -0.4 is 4.90 Å². The maximum atomic E-state index is 7.08. The highest BCUT2D eigenvalue weighted by Crippen LogP contribution is 2.52. The van der Waals surface area contributed by atoms with E-state index in [0.717, 1.165) is 88.6 Å². The average molecular weight is 820 g/mol. The number of hydrogen-bond acceptors (Lipinski definition) is 3. The second-order valence-electron chi connectivity index (χ2n) is 17.6. The fraction of sp³-hybridized carbons (Fsp3) is 0.0492. The Balaban J connectivity index is 1.02. The topological polar surface area (TPSA) is 29.5 Å². The molecule has 13 rings (SSSR count). The third kappa shape index (κ3) is 5.47. The molecule has 0 spiro atoms. The Hall–Kier alpha value is -8.14. The molecular formula is C61H41NO2. The van der Waals surface area contributed by atoms with Gasteiger partial charge in [-0.1, -0.05) is 178 Å². The summed E-state index contributed by atoms with van der Waals surface area (Å²) >= 11 is 0. The van der Waals surface area contributed by atoms with E-state index in [4.69, 9.17) is 8.83 Å².